The van der Waals surface area contributed by atoms with Gasteiger partial charge in [0, 0.05) is 29.1 Å². The highest BCUT2D eigenvalue weighted by Gasteiger charge is 2.33. The van der Waals surface area contributed by atoms with Crippen LogP contribution in [-0.2, 0) is 19.1 Å². The van der Waals surface area contributed by atoms with Gasteiger partial charge in [-0.2, -0.15) is 13.2 Å². The summed E-state index contributed by atoms with van der Waals surface area (Å²) < 4.78 is 54.1. The third-order valence-corrected chi connectivity index (χ3v) is 7.15. The Morgan fingerprint density at radius 3 is 2.47 bits per heavy atom. The first kappa shape index (κ1) is 24.7. The van der Waals surface area contributed by atoms with Gasteiger partial charge < -0.3 is 0 Å². The quantitative estimate of drug-likeness (QED) is 0.290. The number of hydrogen-bond acceptors (Lipinski definition) is 6. The zero-order chi connectivity index (χ0) is 24.6. The molecule has 3 aromatic rings. The Bertz CT molecular complexity index is 1190. The van der Waals surface area contributed by atoms with Crippen LogP contribution in [0.4, 0.5) is 17.6 Å². The summed E-state index contributed by atoms with van der Waals surface area (Å²) in [5, 5.41) is 0.555. The summed E-state index contributed by atoms with van der Waals surface area (Å²) in [6.07, 6.45) is -0.273. The summed E-state index contributed by atoms with van der Waals surface area (Å²) in [7, 11) is 0. The zero-order valence-electron chi connectivity index (χ0n) is 18.4. The van der Waals surface area contributed by atoms with E-state index >= 15 is 0 Å². The third kappa shape index (κ3) is 5.45. The van der Waals surface area contributed by atoms with Crippen LogP contribution < -0.4 is 0 Å². The van der Waals surface area contributed by atoms with Gasteiger partial charge in [-0.3, -0.25) is 9.69 Å². The van der Waals surface area contributed by atoms with Gasteiger partial charge in [0.05, 0.1) is 30.1 Å². The van der Waals surface area contributed by atoms with Gasteiger partial charge in [-0.25, -0.2) is 19.3 Å². The molecular formula is C23H21ClF4N4OS. The average Bonchev–Trinajstić information content (AvgIpc) is 3.31. The summed E-state index contributed by atoms with van der Waals surface area (Å²) in [4.78, 5) is 27.9. The first-order valence-electron chi connectivity index (χ1n) is 10.6. The molecule has 180 valence electrons. The summed E-state index contributed by atoms with van der Waals surface area (Å²) in [6, 6.07) is 2.98. The molecule has 0 radical (unpaired) electrons. The van der Waals surface area contributed by atoms with Gasteiger partial charge in [0.15, 0.2) is 5.78 Å². The lowest BCUT2D eigenvalue weighted by atomic mass is 10.1. The SMILES string of the molecule is C[C@@H]1CC[C@H](C)N1Cc1sc(CC(=O)c2cnc(Cl)cn2)nc1-c1cc(F)cc(C(F)(F)F)c1. The Balaban J connectivity index is 1.72. The van der Waals surface area contributed by atoms with Crippen LogP contribution >= 0.6 is 22.9 Å². The van der Waals surface area contributed by atoms with Gasteiger partial charge >= 0.3 is 6.18 Å². The van der Waals surface area contributed by atoms with E-state index in [9.17, 15) is 22.4 Å². The van der Waals surface area contributed by atoms with Crippen molar-refractivity contribution in [2.24, 2.45) is 0 Å². The van der Waals surface area contributed by atoms with E-state index in [2.05, 4.69) is 33.7 Å². The molecule has 1 aliphatic heterocycles. The van der Waals surface area contributed by atoms with Crippen LogP contribution in [0.1, 0.15) is 52.6 Å². The minimum absolute atomic E-state index is 0.0306. The van der Waals surface area contributed by atoms with Crippen molar-refractivity contribution in [1.29, 1.82) is 0 Å². The molecule has 3 heterocycles. The van der Waals surface area contributed by atoms with E-state index in [-0.39, 0.29) is 46.4 Å². The molecule has 0 aliphatic carbocycles. The molecule has 0 unspecified atom stereocenters. The van der Waals surface area contributed by atoms with Gasteiger partial charge in [0.1, 0.15) is 21.7 Å². The summed E-state index contributed by atoms with van der Waals surface area (Å²) in [5.41, 5.74) is -0.692. The molecule has 11 heteroatoms. The molecule has 1 fully saturated rings. The Morgan fingerprint density at radius 1 is 1.15 bits per heavy atom. The number of ketones is 1. The number of thiazole rings is 1. The number of likely N-dealkylation sites (tertiary alicyclic amines) is 1. The van der Waals surface area contributed by atoms with E-state index in [0.29, 0.717) is 22.5 Å². The van der Waals surface area contributed by atoms with E-state index in [0.717, 1.165) is 25.0 Å². The number of halogens is 5. The van der Waals surface area contributed by atoms with Crippen LogP contribution in [0, 0.1) is 5.82 Å². The van der Waals surface area contributed by atoms with Crippen LogP contribution in [0.3, 0.4) is 0 Å². The molecule has 0 bridgehead atoms. The number of rotatable bonds is 6. The normalized spacial score (nSPS) is 19.0. The van der Waals surface area contributed by atoms with Gasteiger partial charge in [-0.05, 0) is 44.9 Å². The Kier molecular flexibility index (Phi) is 7.02. The maximum atomic E-state index is 14.2. The van der Waals surface area contributed by atoms with Gasteiger partial charge in [0.25, 0.3) is 0 Å². The minimum Gasteiger partial charge on any atom is -0.293 e. The Hall–Kier alpha value is -2.43. The number of Topliss-reactive ketones (excluding diaryl/α,β-unsaturated/α-hetero) is 1. The van der Waals surface area contributed by atoms with E-state index in [4.69, 9.17) is 11.6 Å². The molecule has 2 aromatic heterocycles. The maximum Gasteiger partial charge on any atom is 0.416 e. The molecule has 1 saturated heterocycles. The fourth-order valence-corrected chi connectivity index (χ4v) is 5.30. The molecule has 0 spiro atoms. The number of hydrogen-bond donors (Lipinski definition) is 0. The summed E-state index contributed by atoms with van der Waals surface area (Å²) in [6.45, 7) is 4.64. The second-order valence-corrected chi connectivity index (χ2v) is 9.93. The van der Waals surface area contributed by atoms with Crippen LogP contribution in [0.15, 0.2) is 30.6 Å². The first-order chi connectivity index (χ1) is 16.0. The summed E-state index contributed by atoms with van der Waals surface area (Å²) >= 11 is 6.96. The number of carbonyl (C=O) groups excluding carboxylic acids is 1. The van der Waals surface area contributed by atoms with E-state index in [1.165, 1.54) is 23.7 Å². The highest BCUT2D eigenvalue weighted by molar-refractivity contribution is 7.12. The average molecular weight is 513 g/mol. The Morgan fingerprint density at radius 2 is 1.85 bits per heavy atom. The van der Waals surface area contributed by atoms with E-state index in [1.54, 1.807) is 0 Å². The molecule has 4 rings (SSSR count). The number of alkyl halides is 3. The lowest BCUT2D eigenvalue weighted by Crippen LogP contribution is -2.31. The standard InChI is InChI=1S/C23H21ClF4N4OS/c1-12-3-4-13(2)32(12)11-19-22(14-5-15(23(26,27)28)7-16(25)6-14)31-21(34-19)8-18(33)17-9-30-20(24)10-29-17/h5-7,9-10,12-13H,3-4,8,11H2,1-2H3/t12-,13+. The molecule has 0 amide bonds. The van der Waals surface area contributed by atoms with E-state index in [1.807, 2.05) is 0 Å². The lowest BCUT2D eigenvalue weighted by molar-refractivity contribution is -0.137. The van der Waals surface area contributed by atoms with Crippen molar-refractivity contribution < 1.29 is 22.4 Å². The highest BCUT2D eigenvalue weighted by Crippen LogP contribution is 2.37. The highest BCUT2D eigenvalue weighted by atomic mass is 35.5. The molecule has 5 nitrogen and oxygen atoms in total. The second kappa shape index (κ2) is 9.67. The predicted molar refractivity (Wildman–Crippen MR) is 121 cm³/mol. The van der Waals surface area contributed by atoms with Crippen LogP contribution in [0.25, 0.3) is 11.3 Å². The molecular weight excluding hydrogens is 492 g/mol. The van der Waals surface area contributed by atoms with E-state index < -0.39 is 17.6 Å². The Labute approximate surface area is 202 Å². The molecule has 1 aromatic carbocycles. The maximum absolute atomic E-state index is 14.2. The molecule has 34 heavy (non-hydrogen) atoms. The van der Waals surface area contributed by atoms with Crippen molar-refractivity contribution in [2.75, 3.05) is 0 Å². The predicted octanol–water partition coefficient (Wildman–Crippen LogP) is 6.21. The van der Waals surface area contributed by atoms with Crippen molar-refractivity contribution in [1.82, 2.24) is 19.9 Å². The van der Waals surface area contributed by atoms with Crippen molar-refractivity contribution in [3.63, 3.8) is 0 Å². The molecule has 0 saturated carbocycles. The zero-order valence-corrected chi connectivity index (χ0v) is 19.9. The smallest absolute Gasteiger partial charge is 0.293 e. The molecule has 1 aliphatic rings. The second-order valence-electron chi connectivity index (χ2n) is 8.38. The number of benzene rings is 1. The number of aromatic nitrogens is 3. The topological polar surface area (TPSA) is 59.0 Å². The summed E-state index contributed by atoms with van der Waals surface area (Å²) in [5.74, 6) is -1.35. The number of nitrogens with zero attached hydrogens (tertiary/aromatic N) is 4. The first-order valence-corrected chi connectivity index (χ1v) is 11.8. The number of carbonyl (C=O) groups is 1. The van der Waals surface area contributed by atoms with Crippen molar-refractivity contribution in [3.8, 4) is 11.3 Å². The van der Waals surface area contributed by atoms with Gasteiger partial charge in [-0.1, -0.05) is 11.6 Å². The monoisotopic (exact) mass is 512 g/mol. The van der Waals surface area contributed by atoms with Gasteiger partial charge in [0.2, 0.25) is 0 Å². The third-order valence-electron chi connectivity index (χ3n) is 5.92. The van der Waals surface area contributed by atoms with Gasteiger partial charge in [-0.15, -0.1) is 11.3 Å². The fraction of sp³-hybridized carbons (Fsp3) is 0.391. The fourth-order valence-electron chi connectivity index (χ4n) is 4.11. The van der Waals surface area contributed by atoms with Crippen LogP contribution in [-0.4, -0.2) is 37.7 Å². The molecule has 0 N–H and O–H groups in total. The van der Waals surface area contributed by atoms with Crippen molar-refractivity contribution in [2.45, 2.75) is 57.9 Å². The van der Waals surface area contributed by atoms with Crippen molar-refractivity contribution in [3.05, 3.63) is 62.7 Å². The minimum atomic E-state index is -4.70. The molecule has 2 atom stereocenters. The van der Waals surface area contributed by atoms with Crippen molar-refractivity contribution >= 4 is 28.7 Å². The van der Waals surface area contributed by atoms with Crippen LogP contribution in [0.5, 0.6) is 0 Å². The largest absolute Gasteiger partial charge is 0.416 e. The lowest BCUT2D eigenvalue weighted by Gasteiger charge is -2.25. The van der Waals surface area contributed by atoms with Crippen LogP contribution in [0.2, 0.25) is 5.15 Å².